The average molecular weight is 214 g/mol. The van der Waals surface area contributed by atoms with Crippen LogP contribution in [-0.2, 0) is 6.42 Å². The number of halogens is 1. The second kappa shape index (κ2) is 3.59. The topological polar surface area (TPSA) is 36.9 Å². The van der Waals surface area contributed by atoms with Crippen molar-refractivity contribution in [3.8, 4) is 6.07 Å². The summed E-state index contributed by atoms with van der Waals surface area (Å²) in [5.74, 6) is 0.901. The minimum atomic E-state index is 0.515. The third-order valence-electron chi connectivity index (χ3n) is 1.45. The second-order valence-corrected chi connectivity index (χ2v) is 3.10. The fourth-order valence-electron chi connectivity index (χ4n) is 0.896. The molecule has 0 amide bonds. The van der Waals surface area contributed by atoms with Crippen LogP contribution in [0.2, 0.25) is 0 Å². The predicted molar refractivity (Wildman–Crippen MR) is 45.1 cm³/mol. The van der Waals surface area contributed by atoms with Crippen LogP contribution in [0.1, 0.15) is 17.7 Å². The summed E-state index contributed by atoms with van der Waals surface area (Å²) in [4.78, 5) is 0. The van der Waals surface area contributed by atoms with Crippen LogP contribution in [0, 0.1) is 18.3 Å². The van der Waals surface area contributed by atoms with E-state index in [0.29, 0.717) is 12.8 Å². The summed E-state index contributed by atoms with van der Waals surface area (Å²) >= 11 is 3.23. The number of furan rings is 1. The first kappa shape index (κ1) is 8.35. The molecule has 0 spiro atoms. The standard InChI is InChI=1S/C8H8BrNO/c1-6-5-8(9)11-7(6)3-2-4-10/h5H,2-3H2,1H3. The highest BCUT2D eigenvalue weighted by molar-refractivity contribution is 9.10. The van der Waals surface area contributed by atoms with Crippen molar-refractivity contribution in [2.24, 2.45) is 0 Å². The van der Waals surface area contributed by atoms with E-state index in [1.54, 1.807) is 0 Å². The quantitative estimate of drug-likeness (QED) is 0.758. The molecule has 11 heavy (non-hydrogen) atoms. The lowest BCUT2D eigenvalue weighted by atomic mass is 10.2. The molecule has 0 N–H and O–H groups in total. The van der Waals surface area contributed by atoms with Gasteiger partial charge in [0.1, 0.15) is 5.76 Å². The van der Waals surface area contributed by atoms with Crippen LogP contribution in [0.5, 0.6) is 0 Å². The zero-order valence-corrected chi connectivity index (χ0v) is 7.81. The van der Waals surface area contributed by atoms with Crippen LogP contribution in [0.3, 0.4) is 0 Å². The summed E-state index contributed by atoms with van der Waals surface area (Å²) in [7, 11) is 0. The fourth-order valence-corrected chi connectivity index (χ4v) is 1.43. The van der Waals surface area contributed by atoms with Gasteiger partial charge in [-0.15, -0.1) is 0 Å². The van der Waals surface area contributed by atoms with Crippen LogP contribution in [-0.4, -0.2) is 0 Å². The largest absolute Gasteiger partial charge is 0.454 e. The van der Waals surface area contributed by atoms with Gasteiger partial charge in [-0.25, -0.2) is 0 Å². The summed E-state index contributed by atoms with van der Waals surface area (Å²) in [6.07, 6.45) is 1.22. The summed E-state index contributed by atoms with van der Waals surface area (Å²) < 4.78 is 6.02. The van der Waals surface area contributed by atoms with Crippen molar-refractivity contribution >= 4 is 15.9 Å². The molecule has 0 atom stereocenters. The molecule has 0 aliphatic heterocycles. The molecule has 0 aliphatic rings. The minimum absolute atomic E-state index is 0.515. The SMILES string of the molecule is Cc1cc(Br)oc1CCC#N. The summed E-state index contributed by atoms with van der Waals surface area (Å²) in [6, 6.07) is 3.99. The average Bonchev–Trinajstić information content (AvgIpc) is 2.26. The Bertz CT molecular complexity index is 285. The monoisotopic (exact) mass is 213 g/mol. The molecule has 0 bridgehead atoms. The van der Waals surface area contributed by atoms with Crippen molar-refractivity contribution in [2.45, 2.75) is 19.8 Å². The predicted octanol–water partition coefficient (Wildman–Crippen LogP) is 2.81. The highest BCUT2D eigenvalue weighted by Crippen LogP contribution is 2.20. The van der Waals surface area contributed by atoms with Crippen molar-refractivity contribution in [3.05, 3.63) is 22.1 Å². The number of hydrogen-bond acceptors (Lipinski definition) is 2. The Hall–Kier alpha value is -0.750. The molecule has 0 aromatic carbocycles. The Labute approximate surface area is 73.9 Å². The van der Waals surface area contributed by atoms with Gasteiger partial charge in [0.05, 0.1) is 6.07 Å². The molecule has 0 saturated carbocycles. The lowest BCUT2D eigenvalue weighted by Gasteiger charge is -1.90. The Morgan fingerprint density at radius 2 is 2.45 bits per heavy atom. The first-order valence-electron chi connectivity index (χ1n) is 3.36. The van der Waals surface area contributed by atoms with Crippen molar-refractivity contribution in [2.75, 3.05) is 0 Å². The molecular formula is C8H8BrNO. The molecule has 0 aliphatic carbocycles. The van der Waals surface area contributed by atoms with Gasteiger partial charge in [-0.1, -0.05) is 0 Å². The summed E-state index contributed by atoms with van der Waals surface area (Å²) in [6.45, 7) is 1.97. The highest BCUT2D eigenvalue weighted by atomic mass is 79.9. The Morgan fingerprint density at radius 1 is 1.73 bits per heavy atom. The van der Waals surface area contributed by atoms with Gasteiger partial charge < -0.3 is 4.42 Å². The van der Waals surface area contributed by atoms with E-state index in [0.717, 1.165) is 16.0 Å². The number of nitrogens with zero attached hydrogens (tertiary/aromatic N) is 1. The number of rotatable bonds is 2. The highest BCUT2D eigenvalue weighted by Gasteiger charge is 2.03. The minimum Gasteiger partial charge on any atom is -0.454 e. The molecular weight excluding hydrogens is 206 g/mol. The maximum absolute atomic E-state index is 8.32. The Morgan fingerprint density at radius 3 is 2.91 bits per heavy atom. The van der Waals surface area contributed by atoms with Crippen molar-refractivity contribution < 1.29 is 4.42 Å². The molecule has 1 rings (SSSR count). The van der Waals surface area contributed by atoms with Gasteiger partial charge >= 0.3 is 0 Å². The van der Waals surface area contributed by atoms with Gasteiger partial charge in [0.25, 0.3) is 0 Å². The van der Waals surface area contributed by atoms with Crippen LogP contribution in [0.4, 0.5) is 0 Å². The zero-order valence-electron chi connectivity index (χ0n) is 6.22. The molecule has 0 radical (unpaired) electrons. The third kappa shape index (κ3) is 2.09. The van der Waals surface area contributed by atoms with Crippen molar-refractivity contribution in [1.29, 1.82) is 5.26 Å². The van der Waals surface area contributed by atoms with Gasteiger partial charge in [-0.3, -0.25) is 0 Å². The Kier molecular flexibility index (Phi) is 2.72. The first-order valence-corrected chi connectivity index (χ1v) is 4.15. The summed E-state index contributed by atoms with van der Waals surface area (Å²) in [5.41, 5.74) is 1.10. The fraction of sp³-hybridized carbons (Fsp3) is 0.375. The number of aryl methyl sites for hydroxylation is 2. The van der Waals surface area contributed by atoms with E-state index in [4.69, 9.17) is 9.68 Å². The van der Waals surface area contributed by atoms with Gasteiger partial charge in [0.2, 0.25) is 0 Å². The van der Waals surface area contributed by atoms with E-state index in [1.165, 1.54) is 0 Å². The van der Waals surface area contributed by atoms with E-state index < -0.39 is 0 Å². The maximum Gasteiger partial charge on any atom is 0.169 e. The van der Waals surface area contributed by atoms with E-state index in [9.17, 15) is 0 Å². The van der Waals surface area contributed by atoms with Crippen molar-refractivity contribution in [1.82, 2.24) is 0 Å². The number of nitriles is 1. The van der Waals surface area contributed by atoms with Gasteiger partial charge in [0, 0.05) is 12.8 Å². The van der Waals surface area contributed by atoms with Crippen LogP contribution in [0.15, 0.2) is 15.2 Å². The molecule has 0 saturated heterocycles. The van der Waals surface area contributed by atoms with Gasteiger partial charge in [-0.05, 0) is 34.5 Å². The van der Waals surface area contributed by atoms with Gasteiger partial charge in [-0.2, -0.15) is 5.26 Å². The first-order chi connectivity index (χ1) is 5.24. The van der Waals surface area contributed by atoms with Gasteiger partial charge in [0.15, 0.2) is 4.67 Å². The van der Waals surface area contributed by atoms with E-state index in [-0.39, 0.29) is 0 Å². The van der Waals surface area contributed by atoms with Crippen molar-refractivity contribution in [3.63, 3.8) is 0 Å². The molecule has 0 fully saturated rings. The molecule has 3 heteroatoms. The van der Waals surface area contributed by atoms with E-state index in [2.05, 4.69) is 22.0 Å². The van der Waals surface area contributed by atoms with Crippen LogP contribution < -0.4 is 0 Å². The number of hydrogen-bond donors (Lipinski definition) is 0. The molecule has 0 unspecified atom stereocenters. The molecule has 1 aromatic heterocycles. The molecule has 1 aromatic rings. The lowest BCUT2D eigenvalue weighted by Crippen LogP contribution is -1.81. The second-order valence-electron chi connectivity index (χ2n) is 2.31. The third-order valence-corrected chi connectivity index (χ3v) is 1.85. The molecule has 58 valence electrons. The smallest absolute Gasteiger partial charge is 0.169 e. The normalized spacial score (nSPS) is 9.55. The molecule has 2 nitrogen and oxygen atoms in total. The zero-order chi connectivity index (χ0) is 8.27. The summed E-state index contributed by atoms with van der Waals surface area (Å²) in [5, 5.41) is 8.32. The lowest BCUT2D eigenvalue weighted by molar-refractivity contribution is 0.486. The maximum atomic E-state index is 8.32. The van der Waals surface area contributed by atoms with Crippen LogP contribution >= 0.6 is 15.9 Å². The Balaban J connectivity index is 2.71. The molecule has 1 heterocycles. The van der Waals surface area contributed by atoms with Crippen LogP contribution in [0.25, 0.3) is 0 Å². The van der Waals surface area contributed by atoms with E-state index in [1.807, 2.05) is 13.0 Å². The van der Waals surface area contributed by atoms with E-state index >= 15 is 0 Å².